The first-order valence-electron chi connectivity index (χ1n) is 8.57. The topological polar surface area (TPSA) is 89.0 Å². The SMILES string of the molecule is COc1ccc(/C=N/NC(=O)[C@H](CC(C)C)NC(=O)OC(C)(C)C)cc1. The number of amides is 2. The molecule has 1 aromatic rings. The zero-order valence-corrected chi connectivity index (χ0v) is 16.3. The molecule has 7 nitrogen and oxygen atoms in total. The number of hydrogen-bond donors (Lipinski definition) is 2. The number of ether oxygens (including phenoxy) is 2. The minimum absolute atomic E-state index is 0.214. The first-order valence-corrected chi connectivity index (χ1v) is 8.57. The van der Waals surface area contributed by atoms with Gasteiger partial charge in [0.05, 0.1) is 13.3 Å². The van der Waals surface area contributed by atoms with Crippen LogP contribution in [0.3, 0.4) is 0 Å². The van der Waals surface area contributed by atoms with Crippen LogP contribution in [0.15, 0.2) is 29.4 Å². The molecule has 0 fully saturated rings. The molecule has 0 aliphatic heterocycles. The summed E-state index contributed by atoms with van der Waals surface area (Å²) in [6, 6.07) is 6.51. The molecule has 0 aliphatic carbocycles. The Morgan fingerprint density at radius 3 is 2.31 bits per heavy atom. The molecule has 2 N–H and O–H groups in total. The predicted octanol–water partition coefficient (Wildman–Crippen LogP) is 3.08. The van der Waals surface area contributed by atoms with Crippen LogP contribution in [0.1, 0.15) is 46.6 Å². The number of alkyl carbamates (subject to hydrolysis) is 1. The fraction of sp³-hybridized carbons (Fsp3) is 0.526. The Balaban J connectivity index is 2.66. The lowest BCUT2D eigenvalue weighted by Crippen LogP contribution is -2.47. The first-order chi connectivity index (χ1) is 12.1. The number of carbonyl (C=O) groups is 2. The lowest BCUT2D eigenvalue weighted by atomic mass is 10.0. The van der Waals surface area contributed by atoms with Crippen molar-refractivity contribution in [2.75, 3.05) is 7.11 Å². The predicted molar refractivity (Wildman–Crippen MR) is 101 cm³/mol. The van der Waals surface area contributed by atoms with Crippen molar-refractivity contribution in [3.05, 3.63) is 29.8 Å². The van der Waals surface area contributed by atoms with Crippen molar-refractivity contribution >= 4 is 18.2 Å². The van der Waals surface area contributed by atoms with Crippen molar-refractivity contribution in [2.45, 2.75) is 52.7 Å². The Kier molecular flexibility index (Phi) is 8.09. The van der Waals surface area contributed by atoms with Gasteiger partial charge in [0, 0.05) is 0 Å². The first kappa shape index (κ1) is 21.5. The maximum Gasteiger partial charge on any atom is 0.408 e. The number of rotatable bonds is 7. The molecule has 0 saturated carbocycles. The van der Waals surface area contributed by atoms with E-state index in [1.165, 1.54) is 6.21 Å². The Hall–Kier alpha value is -2.57. The monoisotopic (exact) mass is 363 g/mol. The van der Waals surface area contributed by atoms with Crippen LogP contribution in [0.2, 0.25) is 0 Å². The zero-order valence-electron chi connectivity index (χ0n) is 16.3. The Bertz CT molecular complexity index is 619. The fourth-order valence-corrected chi connectivity index (χ4v) is 2.09. The molecular formula is C19H29N3O4. The standard InChI is InChI=1S/C19H29N3O4/c1-13(2)11-16(21-18(24)26-19(3,4)5)17(23)22-20-12-14-7-9-15(25-6)10-8-14/h7-10,12-13,16H,11H2,1-6H3,(H,21,24)(H,22,23)/b20-12+/t16-/m0/s1. The van der Waals surface area contributed by atoms with Crippen LogP contribution in [0.4, 0.5) is 4.79 Å². The van der Waals surface area contributed by atoms with Gasteiger partial charge in [0.1, 0.15) is 17.4 Å². The lowest BCUT2D eigenvalue weighted by Gasteiger charge is -2.23. The molecule has 26 heavy (non-hydrogen) atoms. The average Bonchev–Trinajstić information content (AvgIpc) is 2.52. The normalized spacial score (nSPS) is 12.7. The maximum absolute atomic E-state index is 12.4. The van der Waals surface area contributed by atoms with E-state index < -0.39 is 23.6 Å². The molecule has 2 amide bonds. The molecule has 0 heterocycles. The van der Waals surface area contributed by atoms with Crippen LogP contribution >= 0.6 is 0 Å². The van der Waals surface area contributed by atoms with E-state index >= 15 is 0 Å². The summed E-state index contributed by atoms with van der Waals surface area (Å²) < 4.78 is 10.3. The van der Waals surface area contributed by atoms with Gasteiger partial charge in [-0.1, -0.05) is 13.8 Å². The molecular weight excluding hydrogens is 334 g/mol. The van der Waals surface area contributed by atoms with Gasteiger partial charge in [-0.05, 0) is 62.9 Å². The Morgan fingerprint density at radius 1 is 1.19 bits per heavy atom. The van der Waals surface area contributed by atoms with Crippen molar-refractivity contribution in [3.63, 3.8) is 0 Å². The van der Waals surface area contributed by atoms with Gasteiger partial charge in [0.25, 0.3) is 5.91 Å². The van der Waals surface area contributed by atoms with Crippen LogP contribution in [0.5, 0.6) is 5.75 Å². The highest BCUT2D eigenvalue weighted by Gasteiger charge is 2.24. The van der Waals surface area contributed by atoms with Gasteiger partial charge in [0.15, 0.2) is 0 Å². The molecule has 0 spiro atoms. The van der Waals surface area contributed by atoms with Crippen LogP contribution in [0.25, 0.3) is 0 Å². The van der Waals surface area contributed by atoms with E-state index in [-0.39, 0.29) is 5.92 Å². The third kappa shape index (κ3) is 8.50. The summed E-state index contributed by atoms with van der Waals surface area (Å²) in [6.45, 7) is 9.24. The molecule has 0 bridgehead atoms. The number of nitrogens with zero attached hydrogens (tertiary/aromatic N) is 1. The van der Waals surface area contributed by atoms with E-state index in [9.17, 15) is 9.59 Å². The zero-order chi connectivity index (χ0) is 19.7. The van der Waals surface area contributed by atoms with Gasteiger partial charge in [-0.2, -0.15) is 5.10 Å². The number of nitrogens with one attached hydrogen (secondary N) is 2. The van der Waals surface area contributed by atoms with Crippen molar-refractivity contribution in [3.8, 4) is 5.75 Å². The van der Waals surface area contributed by atoms with Gasteiger partial charge < -0.3 is 14.8 Å². The number of hydrogen-bond acceptors (Lipinski definition) is 5. The van der Waals surface area contributed by atoms with Crippen molar-refractivity contribution in [1.82, 2.24) is 10.7 Å². The summed E-state index contributed by atoms with van der Waals surface area (Å²) in [4.78, 5) is 24.3. The van der Waals surface area contributed by atoms with Gasteiger partial charge in [-0.3, -0.25) is 4.79 Å². The van der Waals surface area contributed by atoms with Crippen LogP contribution in [-0.2, 0) is 9.53 Å². The van der Waals surface area contributed by atoms with E-state index in [1.807, 2.05) is 26.0 Å². The van der Waals surface area contributed by atoms with Crippen LogP contribution in [0, 0.1) is 5.92 Å². The largest absolute Gasteiger partial charge is 0.497 e. The van der Waals surface area contributed by atoms with E-state index in [2.05, 4.69) is 15.8 Å². The van der Waals surface area contributed by atoms with Gasteiger partial charge in [0.2, 0.25) is 0 Å². The number of methoxy groups -OCH3 is 1. The summed E-state index contributed by atoms with van der Waals surface area (Å²) >= 11 is 0. The Morgan fingerprint density at radius 2 is 1.81 bits per heavy atom. The number of benzene rings is 1. The second-order valence-electron chi connectivity index (χ2n) is 7.34. The highest BCUT2D eigenvalue weighted by Crippen LogP contribution is 2.11. The fourth-order valence-electron chi connectivity index (χ4n) is 2.09. The summed E-state index contributed by atoms with van der Waals surface area (Å²) in [6.07, 6.45) is 1.37. The molecule has 144 valence electrons. The van der Waals surface area contributed by atoms with Crippen LogP contribution < -0.4 is 15.5 Å². The molecule has 0 aromatic heterocycles. The van der Waals surface area contributed by atoms with Crippen molar-refractivity contribution in [1.29, 1.82) is 0 Å². The molecule has 0 radical (unpaired) electrons. The van der Waals surface area contributed by atoms with Crippen LogP contribution in [-0.4, -0.2) is 37.0 Å². The molecule has 1 atom stereocenters. The molecule has 0 saturated heterocycles. The minimum Gasteiger partial charge on any atom is -0.497 e. The number of hydrazone groups is 1. The van der Waals surface area contributed by atoms with E-state index in [0.717, 1.165) is 11.3 Å². The molecule has 7 heteroatoms. The quantitative estimate of drug-likeness (QED) is 0.575. The summed E-state index contributed by atoms with van der Waals surface area (Å²) in [5.74, 6) is 0.560. The molecule has 1 rings (SSSR count). The maximum atomic E-state index is 12.4. The highest BCUT2D eigenvalue weighted by molar-refractivity contribution is 5.87. The highest BCUT2D eigenvalue weighted by atomic mass is 16.6. The summed E-state index contributed by atoms with van der Waals surface area (Å²) in [7, 11) is 1.59. The second-order valence-corrected chi connectivity index (χ2v) is 7.34. The molecule has 0 unspecified atom stereocenters. The summed E-state index contributed by atoms with van der Waals surface area (Å²) in [5, 5.41) is 6.55. The molecule has 1 aromatic carbocycles. The molecule has 0 aliphatic rings. The smallest absolute Gasteiger partial charge is 0.408 e. The van der Waals surface area contributed by atoms with Crippen molar-refractivity contribution < 1.29 is 19.1 Å². The second kappa shape index (κ2) is 9.79. The Labute approximate surface area is 155 Å². The minimum atomic E-state index is -0.724. The van der Waals surface area contributed by atoms with Crippen molar-refractivity contribution in [2.24, 2.45) is 11.0 Å². The van der Waals surface area contributed by atoms with Gasteiger partial charge in [-0.15, -0.1) is 0 Å². The lowest BCUT2D eigenvalue weighted by molar-refractivity contribution is -0.123. The average molecular weight is 363 g/mol. The van der Waals surface area contributed by atoms with E-state index in [4.69, 9.17) is 9.47 Å². The third-order valence-electron chi connectivity index (χ3n) is 3.22. The van der Waals surface area contributed by atoms with Gasteiger partial charge in [-0.25, -0.2) is 10.2 Å². The van der Waals surface area contributed by atoms with E-state index in [1.54, 1.807) is 40.0 Å². The number of carbonyl (C=O) groups excluding carboxylic acids is 2. The summed E-state index contributed by atoms with van der Waals surface area (Å²) in [5.41, 5.74) is 2.64. The van der Waals surface area contributed by atoms with Gasteiger partial charge >= 0.3 is 6.09 Å². The van der Waals surface area contributed by atoms with E-state index in [0.29, 0.717) is 6.42 Å². The third-order valence-corrected chi connectivity index (χ3v) is 3.22.